The van der Waals surface area contributed by atoms with Gasteiger partial charge in [0.2, 0.25) is 5.82 Å². The second-order valence-corrected chi connectivity index (χ2v) is 9.00. The zero-order chi connectivity index (χ0) is 21.3. The molecule has 5 heteroatoms. The largest absolute Gasteiger partial charge is 0.490 e. The molecule has 0 amide bonds. The standard InChI is InChI=1S/C25H38F2O3/c1-3-5-15-28-23-14-10-20(24(26)25(23)27)17-29-21-11-8-19(9-12-21)22-13-7-18(6-4-2)16-30-22/h10,14,18-19,21-22H,3-9,11-13,15-17H2,1-2H3. The van der Waals surface area contributed by atoms with E-state index in [4.69, 9.17) is 14.2 Å². The molecule has 170 valence electrons. The number of halogens is 2. The van der Waals surface area contributed by atoms with Crippen molar-refractivity contribution in [2.24, 2.45) is 11.8 Å². The molecule has 1 aliphatic carbocycles. The normalized spacial score (nSPS) is 27.2. The average molecular weight is 425 g/mol. The monoisotopic (exact) mass is 424 g/mol. The summed E-state index contributed by atoms with van der Waals surface area (Å²) in [7, 11) is 0. The summed E-state index contributed by atoms with van der Waals surface area (Å²) < 4.78 is 46.0. The van der Waals surface area contributed by atoms with Crippen LogP contribution in [0.3, 0.4) is 0 Å². The molecule has 30 heavy (non-hydrogen) atoms. The Morgan fingerprint density at radius 1 is 0.967 bits per heavy atom. The van der Waals surface area contributed by atoms with Gasteiger partial charge in [0.05, 0.1) is 25.4 Å². The fraction of sp³-hybridized carbons (Fsp3) is 0.760. The number of benzene rings is 1. The van der Waals surface area contributed by atoms with Crippen LogP contribution in [0.25, 0.3) is 0 Å². The Hall–Kier alpha value is -1.20. The van der Waals surface area contributed by atoms with E-state index in [1.807, 2.05) is 6.92 Å². The second kappa shape index (κ2) is 12.0. The summed E-state index contributed by atoms with van der Waals surface area (Å²) in [6.07, 6.45) is 11.4. The first kappa shape index (κ1) is 23.5. The fourth-order valence-corrected chi connectivity index (χ4v) is 4.79. The van der Waals surface area contributed by atoms with Crippen molar-refractivity contribution in [1.29, 1.82) is 0 Å². The van der Waals surface area contributed by atoms with Gasteiger partial charge in [-0.2, -0.15) is 4.39 Å². The quantitative estimate of drug-likeness (QED) is 0.386. The van der Waals surface area contributed by atoms with Gasteiger partial charge in [0.25, 0.3) is 0 Å². The molecule has 2 aliphatic rings. The molecule has 0 aromatic heterocycles. The average Bonchev–Trinajstić information content (AvgIpc) is 2.77. The van der Waals surface area contributed by atoms with Crippen molar-refractivity contribution in [2.75, 3.05) is 13.2 Å². The third kappa shape index (κ3) is 6.40. The maximum absolute atomic E-state index is 14.4. The predicted molar refractivity (Wildman–Crippen MR) is 115 cm³/mol. The minimum Gasteiger partial charge on any atom is -0.490 e. The van der Waals surface area contributed by atoms with E-state index < -0.39 is 11.6 Å². The summed E-state index contributed by atoms with van der Waals surface area (Å²) in [6.45, 7) is 5.68. The van der Waals surface area contributed by atoms with Crippen molar-refractivity contribution in [1.82, 2.24) is 0 Å². The first-order chi connectivity index (χ1) is 14.6. The predicted octanol–water partition coefficient (Wildman–Crippen LogP) is 6.81. The topological polar surface area (TPSA) is 27.7 Å². The van der Waals surface area contributed by atoms with Gasteiger partial charge in [-0.1, -0.05) is 26.7 Å². The number of ether oxygens (including phenoxy) is 3. The molecule has 0 radical (unpaired) electrons. The van der Waals surface area contributed by atoms with E-state index in [1.54, 1.807) is 6.07 Å². The van der Waals surface area contributed by atoms with Gasteiger partial charge >= 0.3 is 0 Å². The highest BCUT2D eigenvalue weighted by molar-refractivity contribution is 5.30. The summed E-state index contributed by atoms with van der Waals surface area (Å²) >= 11 is 0. The fourth-order valence-electron chi connectivity index (χ4n) is 4.79. The Morgan fingerprint density at radius 3 is 2.43 bits per heavy atom. The summed E-state index contributed by atoms with van der Waals surface area (Å²) in [5.41, 5.74) is 0.259. The molecule has 1 aromatic rings. The smallest absolute Gasteiger partial charge is 0.200 e. The van der Waals surface area contributed by atoms with E-state index in [-0.39, 0.29) is 24.0 Å². The van der Waals surface area contributed by atoms with Crippen LogP contribution in [-0.4, -0.2) is 25.4 Å². The Morgan fingerprint density at radius 2 is 1.77 bits per heavy atom. The van der Waals surface area contributed by atoms with Gasteiger partial charge < -0.3 is 14.2 Å². The number of rotatable bonds is 10. The molecule has 2 fully saturated rings. The van der Waals surface area contributed by atoms with Crippen molar-refractivity contribution in [3.05, 3.63) is 29.3 Å². The zero-order valence-corrected chi connectivity index (χ0v) is 18.6. The molecule has 1 aromatic carbocycles. The molecule has 0 bridgehead atoms. The van der Waals surface area contributed by atoms with Crippen molar-refractivity contribution >= 4 is 0 Å². The van der Waals surface area contributed by atoms with Gasteiger partial charge in [-0.25, -0.2) is 4.39 Å². The zero-order valence-electron chi connectivity index (χ0n) is 18.6. The van der Waals surface area contributed by atoms with E-state index in [0.29, 0.717) is 18.6 Å². The van der Waals surface area contributed by atoms with Crippen molar-refractivity contribution in [3.63, 3.8) is 0 Å². The SMILES string of the molecule is CCCCOc1ccc(COC2CCC(C3CCC(CCC)CO3)CC2)c(F)c1F. The molecule has 2 unspecified atom stereocenters. The highest BCUT2D eigenvalue weighted by atomic mass is 19.2. The molecular formula is C25H38F2O3. The van der Waals surface area contributed by atoms with E-state index in [2.05, 4.69) is 6.92 Å². The molecular weight excluding hydrogens is 386 g/mol. The van der Waals surface area contributed by atoms with Crippen LogP contribution >= 0.6 is 0 Å². The molecule has 1 heterocycles. The first-order valence-corrected chi connectivity index (χ1v) is 11.9. The van der Waals surface area contributed by atoms with Crippen molar-refractivity contribution in [3.8, 4) is 5.75 Å². The molecule has 1 saturated carbocycles. The molecule has 2 atom stereocenters. The van der Waals surface area contributed by atoms with E-state index >= 15 is 0 Å². The van der Waals surface area contributed by atoms with Gasteiger partial charge in [-0.15, -0.1) is 0 Å². The van der Waals surface area contributed by atoms with Crippen LogP contribution in [0.4, 0.5) is 8.78 Å². The highest BCUT2D eigenvalue weighted by Crippen LogP contribution is 2.35. The minimum atomic E-state index is -0.910. The molecule has 1 saturated heterocycles. The van der Waals surface area contributed by atoms with E-state index in [0.717, 1.165) is 51.0 Å². The molecule has 0 N–H and O–H groups in total. The van der Waals surface area contributed by atoms with Crippen molar-refractivity contribution in [2.45, 2.75) is 96.9 Å². The Balaban J connectivity index is 1.41. The van der Waals surface area contributed by atoms with Crippen LogP contribution < -0.4 is 4.74 Å². The first-order valence-electron chi connectivity index (χ1n) is 11.9. The molecule has 3 nitrogen and oxygen atoms in total. The third-order valence-corrected chi connectivity index (χ3v) is 6.70. The van der Waals surface area contributed by atoms with Gasteiger partial charge in [0, 0.05) is 12.2 Å². The number of hydrogen-bond acceptors (Lipinski definition) is 3. The number of hydrogen-bond donors (Lipinski definition) is 0. The van der Waals surface area contributed by atoms with E-state index in [1.165, 1.54) is 31.7 Å². The summed E-state index contributed by atoms with van der Waals surface area (Å²) in [5, 5.41) is 0. The van der Waals surface area contributed by atoms with Crippen LogP contribution in [0, 0.1) is 23.5 Å². The Kier molecular flexibility index (Phi) is 9.38. The maximum atomic E-state index is 14.4. The summed E-state index contributed by atoms with van der Waals surface area (Å²) in [6, 6.07) is 3.09. The molecule has 0 spiro atoms. The Bertz CT molecular complexity index is 636. The lowest BCUT2D eigenvalue weighted by Gasteiger charge is -2.37. The van der Waals surface area contributed by atoms with Gasteiger partial charge in [0.1, 0.15) is 0 Å². The van der Waals surface area contributed by atoms with Crippen molar-refractivity contribution < 1.29 is 23.0 Å². The van der Waals surface area contributed by atoms with Crippen LogP contribution in [0.1, 0.15) is 83.6 Å². The van der Waals surface area contributed by atoms with Crippen LogP contribution in [0.15, 0.2) is 12.1 Å². The summed E-state index contributed by atoms with van der Waals surface area (Å²) in [4.78, 5) is 0. The second-order valence-electron chi connectivity index (χ2n) is 9.00. The lowest BCUT2D eigenvalue weighted by molar-refractivity contribution is -0.0726. The molecule has 3 rings (SSSR count). The van der Waals surface area contributed by atoms with E-state index in [9.17, 15) is 8.78 Å². The maximum Gasteiger partial charge on any atom is 0.200 e. The third-order valence-electron chi connectivity index (χ3n) is 6.70. The Labute approximate surface area is 180 Å². The van der Waals surface area contributed by atoms with Gasteiger partial charge in [0.15, 0.2) is 11.6 Å². The van der Waals surface area contributed by atoms with Crippen LogP contribution in [0.2, 0.25) is 0 Å². The van der Waals surface area contributed by atoms with Crippen LogP contribution in [-0.2, 0) is 16.1 Å². The minimum absolute atomic E-state index is 0.0149. The lowest BCUT2D eigenvalue weighted by Crippen LogP contribution is -2.35. The van der Waals surface area contributed by atoms with Gasteiger partial charge in [-0.3, -0.25) is 0 Å². The molecule has 1 aliphatic heterocycles. The number of unbranched alkanes of at least 4 members (excludes halogenated alkanes) is 1. The summed E-state index contributed by atoms with van der Waals surface area (Å²) in [5.74, 6) is -0.425. The highest BCUT2D eigenvalue weighted by Gasteiger charge is 2.31. The van der Waals surface area contributed by atoms with Gasteiger partial charge in [-0.05, 0) is 75.3 Å². The van der Waals surface area contributed by atoms with Crippen LogP contribution in [0.5, 0.6) is 5.75 Å². The lowest BCUT2D eigenvalue weighted by atomic mass is 9.80.